The summed E-state index contributed by atoms with van der Waals surface area (Å²) in [6.45, 7) is 9.27. The molecule has 2 N–H and O–H groups in total. The molecule has 3 rings (SSSR count). The van der Waals surface area contributed by atoms with Crippen LogP contribution in [0.1, 0.15) is 56.5 Å². The predicted octanol–water partition coefficient (Wildman–Crippen LogP) is 1.29. The van der Waals surface area contributed by atoms with E-state index in [2.05, 4.69) is 45.0 Å². The first-order chi connectivity index (χ1) is 11.1. The van der Waals surface area contributed by atoms with E-state index in [0.29, 0.717) is 17.6 Å². The maximum absolute atomic E-state index is 12.7. The number of hydrogen-bond donors (Lipinski definition) is 2. The van der Waals surface area contributed by atoms with E-state index in [9.17, 15) is 9.82 Å². The molecular weight excluding hydrogens is 303 g/mol. The highest BCUT2D eigenvalue weighted by atomic mass is 16.5. The number of likely N-dealkylation sites (tertiary alicyclic amines) is 1. The number of fused-ring (bicyclic) bond motifs is 1. The van der Waals surface area contributed by atoms with Crippen LogP contribution in [0.15, 0.2) is 18.2 Å². The number of amides is 1. The van der Waals surface area contributed by atoms with Crippen molar-refractivity contribution in [3.8, 4) is 0 Å². The van der Waals surface area contributed by atoms with Crippen LogP contribution >= 0.6 is 0 Å². The van der Waals surface area contributed by atoms with Gasteiger partial charge in [0, 0.05) is 22.7 Å². The molecule has 1 aromatic rings. The van der Waals surface area contributed by atoms with Crippen LogP contribution in [0.3, 0.4) is 0 Å². The Labute approximate surface area is 144 Å². The van der Waals surface area contributed by atoms with Gasteiger partial charge in [0.2, 0.25) is 0 Å². The van der Waals surface area contributed by atoms with E-state index in [-0.39, 0.29) is 23.0 Å². The van der Waals surface area contributed by atoms with E-state index >= 15 is 0 Å². The first kappa shape index (κ1) is 17.5. The molecular formula is C18H27BN2O3. The lowest BCUT2D eigenvalue weighted by Gasteiger charge is -2.53. The van der Waals surface area contributed by atoms with Crippen molar-refractivity contribution >= 4 is 18.5 Å². The Morgan fingerprint density at radius 1 is 1.29 bits per heavy atom. The predicted molar refractivity (Wildman–Crippen MR) is 95.2 cm³/mol. The van der Waals surface area contributed by atoms with Gasteiger partial charge in [0.05, 0.1) is 6.61 Å². The molecule has 1 saturated heterocycles. The third kappa shape index (κ3) is 3.10. The number of piperidine rings is 1. The molecule has 1 amide bonds. The summed E-state index contributed by atoms with van der Waals surface area (Å²) in [6, 6.07) is 5.55. The molecule has 130 valence electrons. The van der Waals surface area contributed by atoms with Crippen LogP contribution in [-0.4, -0.2) is 47.1 Å². The van der Waals surface area contributed by atoms with Crippen molar-refractivity contribution < 1.29 is 14.5 Å². The Balaban J connectivity index is 1.75. The summed E-state index contributed by atoms with van der Waals surface area (Å²) in [5.41, 5.74) is 2.28. The van der Waals surface area contributed by atoms with Gasteiger partial charge in [0.25, 0.3) is 5.91 Å². The van der Waals surface area contributed by atoms with Gasteiger partial charge in [-0.2, -0.15) is 0 Å². The maximum atomic E-state index is 12.7. The summed E-state index contributed by atoms with van der Waals surface area (Å²) in [6.07, 6.45) is 1.82. The van der Waals surface area contributed by atoms with Crippen LogP contribution in [-0.2, 0) is 11.3 Å². The SMILES string of the molecule is CN1C(C)(C)CC(NC(=O)c2ccc3c(c2)B(O)OC3)CC1(C)C. The number of benzene rings is 1. The van der Waals surface area contributed by atoms with Gasteiger partial charge in [0.15, 0.2) is 0 Å². The minimum absolute atomic E-state index is 0.0294. The topological polar surface area (TPSA) is 61.8 Å². The number of nitrogens with zero attached hydrogens (tertiary/aromatic N) is 1. The molecule has 0 spiro atoms. The molecule has 0 unspecified atom stereocenters. The summed E-state index contributed by atoms with van der Waals surface area (Å²) in [5.74, 6) is -0.0851. The lowest BCUT2D eigenvalue weighted by Crippen LogP contribution is -2.62. The van der Waals surface area contributed by atoms with Crippen molar-refractivity contribution in [2.75, 3.05) is 7.05 Å². The van der Waals surface area contributed by atoms with Gasteiger partial charge in [0.1, 0.15) is 0 Å². The molecule has 1 fully saturated rings. The van der Waals surface area contributed by atoms with E-state index in [4.69, 9.17) is 4.65 Å². The minimum Gasteiger partial charge on any atom is -0.423 e. The van der Waals surface area contributed by atoms with Crippen LogP contribution in [0.4, 0.5) is 0 Å². The zero-order valence-corrected chi connectivity index (χ0v) is 15.2. The number of nitrogens with one attached hydrogen (secondary N) is 1. The second kappa shape index (κ2) is 5.86. The van der Waals surface area contributed by atoms with E-state index < -0.39 is 7.12 Å². The van der Waals surface area contributed by atoms with Crippen LogP contribution in [0.25, 0.3) is 0 Å². The number of carbonyl (C=O) groups is 1. The second-order valence-electron chi connectivity index (χ2n) is 8.34. The molecule has 5 nitrogen and oxygen atoms in total. The van der Waals surface area contributed by atoms with Crippen molar-refractivity contribution in [1.82, 2.24) is 10.2 Å². The Hall–Kier alpha value is -1.37. The molecule has 0 radical (unpaired) electrons. The summed E-state index contributed by atoms with van der Waals surface area (Å²) >= 11 is 0. The van der Waals surface area contributed by atoms with Crippen LogP contribution < -0.4 is 10.8 Å². The highest BCUT2D eigenvalue weighted by molar-refractivity contribution is 6.61. The van der Waals surface area contributed by atoms with Crippen molar-refractivity contribution in [1.29, 1.82) is 0 Å². The number of hydrogen-bond acceptors (Lipinski definition) is 4. The first-order valence-corrected chi connectivity index (χ1v) is 8.57. The van der Waals surface area contributed by atoms with Gasteiger partial charge in [-0.05, 0) is 70.7 Å². The largest absolute Gasteiger partial charge is 0.491 e. The Kier molecular flexibility index (Phi) is 4.27. The van der Waals surface area contributed by atoms with Gasteiger partial charge in [-0.1, -0.05) is 6.07 Å². The Morgan fingerprint density at radius 3 is 2.54 bits per heavy atom. The summed E-state index contributed by atoms with van der Waals surface area (Å²) in [4.78, 5) is 15.1. The van der Waals surface area contributed by atoms with Crippen molar-refractivity contribution in [3.05, 3.63) is 29.3 Å². The molecule has 0 bridgehead atoms. The third-order valence-corrected chi connectivity index (χ3v) is 5.71. The lowest BCUT2D eigenvalue weighted by atomic mass is 9.77. The van der Waals surface area contributed by atoms with Gasteiger partial charge in [-0.25, -0.2) is 0 Å². The van der Waals surface area contributed by atoms with E-state index in [1.807, 2.05) is 6.07 Å². The van der Waals surface area contributed by atoms with Gasteiger partial charge < -0.3 is 15.0 Å². The van der Waals surface area contributed by atoms with Gasteiger partial charge in [-0.3, -0.25) is 9.69 Å². The van der Waals surface area contributed by atoms with Crippen LogP contribution in [0.2, 0.25) is 0 Å². The van der Waals surface area contributed by atoms with Crippen LogP contribution in [0, 0.1) is 0 Å². The summed E-state index contributed by atoms with van der Waals surface area (Å²) < 4.78 is 5.19. The van der Waals surface area contributed by atoms with Crippen molar-refractivity contribution in [2.45, 2.75) is 64.3 Å². The normalized spacial score (nSPS) is 23.2. The second-order valence-corrected chi connectivity index (χ2v) is 8.34. The maximum Gasteiger partial charge on any atom is 0.491 e. The van der Waals surface area contributed by atoms with E-state index in [1.165, 1.54) is 0 Å². The Morgan fingerprint density at radius 2 is 1.92 bits per heavy atom. The van der Waals surface area contributed by atoms with Gasteiger partial charge in [-0.15, -0.1) is 0 Å². The fourth-order valence-electron chi connectivity index (χ4n) is 4.10. The average molecular weight is 330 g/mol. The monoisotopic (exact) mass is 330 g/mol. The minimum atomic E-state index is -0.922. The van der Waals surface area contributed by atoms with E-state index in [1.54, 1.807) is 12.1 Å². The molecule has 2 heterocycles. The van der Waals surface area contributed by atoms with Crippen molar-refractivity contribution in [3.63, 3.8) is 0 Å². The zero-order chi connectivity index (χ0) is 17.7. The highest BCUT2D eigenvalue weighted by Crippen LogP contribution is 2.36. The quantitative estimate of drug-likeness (QED) is 0.802. The lowest BCUT2D eigenvalue weighted by molar-refractivity contribution is -0.0169. The standard InChI is InChI=1S/C18H27BN2O3/c1-17(2)9-14(10-18(3,4)21(17)5)20-16(22)12-6-7-13-11-24-19(23)15(13)8-12/h6-8,14,23H,9-11H2,1-5H3,(H,20,22). The molecule has 6 heteroatoms. The fraction of sp³-hybridized carbons (Fsp3) is 0.611. The molecule has 2 aliphatic heterocycles. The molecule has 24 heavy (non-hydrogen) atoms. The molecule has 0 aromatic heterocycles. The molecule has 1 aromatic carbocycles. The summed E-state index contributed by atoms with van der Waals surface area (Å²) in [5, 5.41) is 13.0. The average Bonchev–Trinajstić information content (AvgIpc) is 2.85. The summed E-state index contributed by atoms with van der Waals surface area (Å²) in [7, 11) is 1.23. The third-order valence-electron chi connectivity index (χ3n) is 5.71. The van der Waals surface area contributed by atoms with E-state index in [0.717, 1.165) is 18.4 Å². The molecule has 0 saturated carbocycles. The smallest absolute Gasteiger partial charge is 0.423 e. The van der Waals surface area contributed by atoms with Gasteiger partial charge >= 0.3 is 7.12 Å². The highest BCUT2D eigenvalue weighted by Gasteiger charge is 2.43. The van der Waals surface area contributed by atoms with Crippen molar-refractivity contribution in [2.24, 2.45) is 0 Å². The first-order valence-electron chi connectivity index (χ1n) is 8.57. The zero-order valence-electron chi connectivity index (χ0n) is 15.2. The Bertz CT molecular complexity index is 642. The molecule has 2 aliphatic rings. The number of carbonyl (C=O) groups excluding carboxylic acids is 1. The fourth-order valence-corrected chi connectivity index (χ4v) is 4.10. The number of rotatable bonds is 2. The molecule has 0 aliphatic carbocycles. The molecule has 0 atom stereocenters. The van der Waals surface area contributed by atoms with Crippen LogP contribution in [0.5, 0.6) is 0 Å².